The van der Waals surface area contributed by atoms with Gasteiger partial charge in [0.1, 0.15) is 0 Å². The average molecular weight is 404 g/mol. The molecule has 0 fully saturated rings. The molecule has 6 nitrogen and oxygen atoms in total. The molecule has 1 atom stereocenters. The van der Waals surface area contributed by atoms with Gasteiger partial charge in [-0.1, -0.05) is 17.7 Å². The Kier molecular flexibility index (Phi) is 7.06. The molecule has 10 heteroatoms. The molecule has 2 rings (SSSR count). The first kappa shape index (κ1) is 21.0. The van der Waals surface area contributed by atoms with Crippen molar-refractivity contribution in [3.63, 3.8) is 0 Å². The number of nitrogens with zero attached hydrogens (tertiary/aromatic N) is 4. The lowest BCUT2D eigenvalue weighted by Gasteiger charge is -2.21. The maximum Gasteiger partial charge on any atom is 0.323 e. The Morgan fingerprint density at radius 1 is 1.22 bits per heavy atom. The molecule has 1 aromatic carbocycles. The van der Waals surface area contributed by atoms with Crippen LogP contribution in [0, 0.1) is 0 Å². The fourth-order valence-corrected chi connectivity index (χ4v) is 2.28. The van der Waals surface area contributed by atoms with E-state index in [0.29, 0.717) is 23.8 Å². The van der Waals surface area contributed by atoms with Crippen molar-refractivity contribution in [1.82, 2.24) is 15.0 Å². The van der Waals surface area contributed by atoms with Crippen LogP contribution < -0.4 is 15.0 Å². The molecule has 0 amide bonds. The van der Waals surface area contributed by atoms with Crippen LogP contribution in [0.3, 0.4) is 0 Å². The van der Waals surface area contributed by atoms with Crippen LogP contribution in [-0.2, 0) is 0 Å². The van der Waals surface area contributed by atoms with Gasteiger partial charge in [0, 0.05) is 23.8 Å². The summed E-state index contributed by atoms with van der Waals surface area (Å²) in [6, 6.07) is 6.51. The fraction of sp³-hybridized carbons (Fsp3) is 0.471. The van der Waals surface area contributed by atoms with Crippen LogP contribution in [0.4, 0.5) is 30.8 Å². The van der Waals surface area contributed by atoms with Crippen molar-refractivity contribution in [2.45, 2.75) is 32.9 Å². The predicted octanol–water partition coefficient (Wildman–Crippen LogP) is 4.49. The van der Waals surface area contributed by atoms with E-state index in [4.69, 9.17) is 16.3 Å². The Bertz CT molecular complexity index is 759. The van der Waals surface area contributed by atoms with E-state index in [1.165, 1.54) is 0 Å². The second-order valence-electron chi connectivity index (χ2n) is 5.71. The number of nitrogens with one attached hydrogen (secondary N) is 1. The lowest BCUT2D eigenvalue weighted by molar-refractivity contribution is -0.0957. The molecule has 0 saturated heterocycles. The Hall–Kier alpha value is -2.29. The number of benzene rings is 1. The molecule has 0 aliphatic carbocycles. The molecule has 1 unspecified atom stereocenters. The number of hydrogen-bond donors (Lipinski definition) is 1. The molecule has 1 N–H and O–H groups in total. The van der Waals surface area contributed by atoms with Gasteiger partial charge in [-0.15, -0.1) is 0 Å². The topological polar surface area (TPSA) is 63.2 Å². The first-order valence-electron chi connectivity index (χ1n) is 8.43. The minimum absolute atomic E-state index is 0.0979. The highest BCUT2D eigenvalue weighted by molar-refractivity contribution is 6.30. The van der Waals surface area contributed by atoms with E-state index in [1.807, 2.05) is 13.8 Å². The molecule has 0 aliphatic heterocycles. The molecule has 27 heavy (non-hydrogen) atoms. The van der Waals surface area contributed by atoms with E-state index in [2.05, 4.69) is 20.3 Å². The highest BCUT2D eigenvalue weighted by Crippen LogP contribution is 2.24. The van der Waals surface area contributed by atoms with Crippen molar-refractivity contribution < 1.29 is 17.9 Å². The second-order valence-corrected chi connectivity index (χ2v) is 6.15. The number of halogens is 4. The highest BCUT2D eigenvalue weighted by Gasteiger charge is 2.38. The Morgan fingerprint density at radius 3 is 2.52 bits per heavy atom. The van der Waals surface area contributed by atoms with Crippen LogP contribution >= 0.6 is 11.6 Å². The summed E-state index contributed by atoms with van der Waals surface area (Å²) in [5.74, 6) is -3.30. The highest BCUT2D eigenvalue weighted by atomic mass is 35.5. The average Bonchev–Trinajstić information content (AvgIpc) is 2.61. The van der Waals surface area contributed by atoms with Gasteiger partial charge in [-0.25, -0.2) is 4.39 Å². The van der Waals surface area contributed by atoms with Crippen LogP contribution in [-0.4, -0.2) is 46.7 Å². The van der Waals surface area contributed by atoms with Crippen LogP contribution in [0.25, 0.3) is 0 Å². The van der Waals surface area contributed by atoms with Gasteiger partial charge < -0.3 is 15.0 Å². The standard InChI is InChI=1S/C17H21ClF3N5O/c1-4-26(5-2)15-23-14(22-13-8-6-7-12(18)9-13)24-16(25-15)27-10-17(20,21)11(3)19/h6-9,11H,4-5,10H2,1-3H3,(H,22,23,24,25). The van der Waals surface area contributed by atoms with E-state index in [1.54, 1.807) is 29.2 Å². The Labute approximate surface area is 160 Å². The van der Waals surface area contributed by atoms with Gasteiger partial charge in [-0.2, -0.15) is 23.7 Å². The quantitative estimate of drug-likeness (QED) is 0.665. The van der Waals surface area contributed by atoms with E-state index in [-0.39, 0.29) is 17.9 Å². The van der Waals surface area contributed by atoms with E-state index in [9.17, 15) is 13.2 Å². The zero-order valence-electron chi connectivity index (χ0n) is 15.2. The van der Waals surface area contributed by atoms with E-state index >= 15 is 0 Å². The van der Waals surface area contributed by atoms with Crippen LogP contribution in [0.2, 0.25) is 5.02 Å². The van der Waals surface area contributed by atoms with Crippen molar-refractivity contribution in [2.24, 2.45) is 0 Å². The van der Waals surface area contributed by atoms with E-state index in [0.717, 1.165) is 6.92 Å². The van der Waals surface area contributed by atoms with Gasteiger partial charge in [0.15, 0.2) is 12.8 Å². The number of hydrogen-bond acceptors (Lipinski definition) is 6. The van der Waals surface area contributed by atoms with Crippen LogP contribution in [0.15, 0.2) is 24.3 Å². The molecule has 1 aromatic heterocycles. The Balaban J connectivity index is 2.30. The van der Waals surface area contributed by atoms with E-state index < -0.39 is 18.7 Å². The molecule has 1 heterocycles. The predicted molar refractivity (Wildman–Crippen MR) is 99.1 cm³/mol. The number of alkyl halides is 3. The van der Waals surface area contributed by atoms with Gasteiger partial charge >= 0.3 is 11.9 Å². The molecular formula is C17H21ClF3N5O. The molecule has 0 spiro atoms. The molecule has 0 saturated carbocycles. The summed E-state index contributed by atoms with van der Waals surface area (Å²) in [5, 5.41) is 3.44. The molecule has 0 aliphatic rings. The Morgan fingerprint density at radius 2 is 1.93 bits per heavy atom. The first-order valence-corrected chi connectivity index (χ1v) is 8.81. The van der Waals surface area contributed by atoms with Gasteiger partial charge in [0.05, 0.1) is 0 Å². The third kappa shape index (κ3) is 5.85. The molecular weight excluding hydrogens is 383 g/mol. The molecule has 0 bridgehead atoms. The maximum absolute atomic E-state index is 13.5. The monoisotopic (exact) mass is 403 g/mol. The summed E-state index contributed by atoms with van der Waals surface area (Å²) < 4.78 is 45.0. The van der Waals surface area contributed by atoms with Gasteiger partial charge in [-0.05, 0) is 39.0 Å². The summed E-state index contributed by atoms with van der Waals surface area (Å²) >= 11 is 5.95. The summed E-state index contributed by atoms with van der Waals surface area (Å²) in [7, 11) is 0. The minimum Gasteiger partial charge on any atom is -0.457 e. The fourth-order valence-electron chi connectivity index (χ4n) is 2.09. The lowest BCUT2D eigenvalue weighted by atomic mass is 10.2. The first-order chi connectivity index (χ1) is 12.7. The van der Waals surface area contributed by atoms with Crippen molar-refractivity contribution in [3.8, 4) is 6.01 Å². The van der Waals surface area contributed by atoms with Crippen LogP contribution in [0.1, 0.15) is 20.8 Å². The summed E-state index contributed by atoms with van der Waals surface area (Å²) in [6.45, 7) is 4.57. The number of anilines is 3. The smallest absolute Gasteiger partial charge is 0.323 e. The zero-order valence-corrected chi connectivity index (χ0v) is 16.0. The zero-order chi connectivity index (χ0) is 20.0. The molecule has 2 aromatic rings. The van der Waals surface area contributed by atoms with Crippen LogP contribution in [0.5, 0.6) is 6.01 Å². The number of ether oxygens (including phenoxy) is 1. The van der Waals surface area contributed by atoms with Crippen molar-refractivity contribution >= 4 is 29.2 Å². The number of aromatic nitrogens is 3. The van der Waals surface area contributed by atoms with Gasteiger partial charge in [0.25, 0.3) is 0 Å². The van der Waals surface area contributed by atoms with Crippen molar-refractivity contribution in [2.75, 3.05) is 29.9 Å². The third-order valence-electron chi connectivity index (χ3n) is 3.71. The minimum atomic E-state index is -3.65. The normalized spacial score (nSPS) is 12.6. The summed E-state index contributed by atoms with van der Waals surface area (Å²) in [5.41, 5.74) is 0.604. The number of rotatable bonds is 9. The lowest BCUT2D eigenvalue weighted by Crippen LogP contribution is -2.35. The van der Waals surface area contributed by atoms with Gasteiger partial charge in [0.2, 0.25) is 11.9 Å². The SMILES string of the molecule is CCN(CC)c1nc(Nc2cccc(Cl)c2)nc(OCC(F)(F)C(C)F)n1. The second kappa shape index (κ2) is 9.07. The third-order valence-corrected chi connectivity index (χ3v) is 3.94. The maximum atomic E-state index is 13.5. The summed E-state index contributed by atoms with van der Waals surface area (Å²) in [6.07, 6.45) is -2.36. The van der Waals surface area contributed by atoms with Crippen molar-refractivity contribution in [1.29, 1.82) is 0 Å². The summed E-state index contributed by atoms with van der Waals surface area (Å²) in [4.78, 5) is 14.1. The van der Waals surface area contributed by atoms with Crippen molar-refractivity contribution in [3.05, 3.63) is 29.3 Å². The largest absolute Gasteiger partial charge is 0.457 e. The molecule has 148 valence electrons. The molecule has 0 radical (unpaired) electrons. The van der Waals surface area contributed by atoms with Gasteiger partial charge in [-0.3, -0.25) is 0 Å².